The van der Waals surface area contributed by atoms with Gasteiger partial charge in [-0.05, 0) is 49.1 Å². The van der Waals surface area contributed by atoms with Crippen LogP contribution >= 0.6 is 15.9 Å². The Kier molecular flexibility index (Phi) is 6.14. The highest BCUT2D eigenvalue weighted by molar-refractivity contribution is 9.09. The largest absolute Gasteiger partial charge is 0.466 e. The predicted octanol–water partition coefficient (Wildman–Crippen LogP) is 5.23. The van der Waals surface area contributed by atoms with E-state index in [4.69, 9.17) is 4.74 Å². The molecule has 1 unspecified atom stereocenters. The van der Waals surface area contributed by atoms with E-state index in [0.29, 0.717) is 13.0 Å². The van der Waals surface area contributed by atoms with Crippen molar-refractivity contribution in [2.45, 2.75) is 37.4 Å². The quantitative estimate of drug-likeness (QED) is 0.355. The summed E-state index contributed by atoms with van der Waals surface area (Å²) in [4.78, 5) is 14.1. The van der Waals surface area contributed by atoms with Crippen LogP contribution in [0.4, 0.5) is 5.69 Å². The van der Waals surface area contributed by atoms with Gasteiger partial charge in [0, 0.05) is 24.4 Å². The summed E-state index contributed by atoms with van der Waals surface area (Å²) in [5.74, 6) is -0.0849. The summed E-state index contributed by atoms with van der Waals surface area (Å²) < 4.78 is 4.99. The van der Waals surface area contributed by atoms with Crippen LogP contribution in [0.2, 0.25) is 0 Å². The number of allylic oxidation sites excluding steroid dienone is 4. The molecule has 0 bridgehead atoms. The fourth-order valence-corrected chi connectivity index (χ4v) is 3.87. The number of benzene rings is 1. The summed E-state index contributed by atoms with van der Waals surface area (Å²) in [6.07, 6.45) is 12.2. The Morgan fingerprint density at radius 3 is 2.92 bits per heavy atom. The van der Waals surface area contributed by atoms with Gasteiger partial charge in [0.25, 0.3) is 0 Å². The fourth-order valence-electron chi connectivity index (χ4n) is 3.33. The molecule has 132 valence electrons. The van der Waals surface area contributed by atoms with Crippen molar-refractivity contribution in [3.8, 4) is 0 Å². The molecular weight excluding hydrogens is 378 g/mol. The van der Waals surface area contributed by atoms with Crippen LogP contribution in [0.5, 0.6) is 0 Å². The van der Waals surface area contributed by atoms with Gasteiger partial charge in [-0.25, -0.2) is 0 Å². The number of halogens is 1. The number of unbranched alkanes of at least 4 members (excludes halogenated alkanes) is 2. The van der Waals surface area contributed by atoms with Crippen LogP contribution in [-0.4, -0.2) is 23.9 Å². The van der Waals surface area contributed by atoms with Gasteiger partial charge in [-0.1, -0.05) is 52.7 Å². The third-order valence-corrected chi connectivity index (χ3v) is 5.32. The monoisotopic (exact) mass is 401 g/mol. The van der Waals surface area contributed by atoms with Gasteiger partial charge >= 0.3 is 5.97 Å². The molecule has 1 atom stereocenters. The molecule has 0 radical (unpaired) electrons. The average molecular weight is 402 g/mol. The summed E-state index contributed by atoms with van der Waals surface area (Å²) in [5.41, 5.74) is 5.11. The molecule has 3 nitrogen and oxygen atoms in total. The van der Waals surface area contributed by atoms with Gasteiger partial charge in [-0.15, -0.1) is 0 Å². The lowest BCUT2D eigenvalue weighted by atomic mass is 9.94. The Bertz CT molecular complexity index is 720. The topological polar surface area (TPSA) is 29.5 Å². The lowest BCUT2D eigenvalue weighted by Crippen LogP contribution is -2.30. The summed E-state index contributed by atoms with van der Waals surface area (Å²) in [7, 11) is 0. The van der Waals surface area contributed by atoms with Gasteiger partial charge < -0.3 is 9.64 Å². The summed E-state index contributed by atoms with van der Waals surface area (Å²) in [6.45, 7) is 3.27. The van der Waals surface area contributed by atoms with Crippen LogP contribution in [0, 0.1) is 0 Å². The molecule has 0 saturated heterocycles. The van der Waals surface area contributed by atoms with E-state index in [9.17, 15) is 4.79 Å². The minimum Gasteiger partial charge on any atom is -0.466 e. The highest BCUT2D eigenvalue weighted by Crippen LogP contribution is 2.39. The van der Waals surface area contributed by atoms with Crippen LogP contribution in [0.3, 0.4) is 0 Å². The third kappa shape index (κ3) is 4.24. The number of carbonyl (C=O) groups is 1. The van der Waals surface area contributed by atoms with E-state index in [-0.39, 0.29) is 10.8 Å². The van der Waals surface area contributed by atoms with Gasteiger partial charge in [0.15, 0.2) is 0 Å². The van der Waals surface area contributed by atoms with E-state index in [2.05, 4.69) is 69.4 Å². The van der Waals surface area contributed by atoms with Gasteiger partial charge in [0.2, 0.25) is 0 Å². The number of para-hydroxylation sites is 1. The van der Waals surface area contributed by atoms with Crippen LogP contribution in [0.25, 0.3) is 6.08 Å². The zero-order valence-corrected chi connectivity index (χ0v) is 16.2. The number of hydrogen-bond donors (Lipinski definition) is 0. The second kappa shape index (κ2) is 8.52. The molecular formula is C21H24BrNO2. The van der Waals surface area contributed by atoms with Crippen molar-refractivity contribution >= 4 is 33.7 Å². The minimum absolute atomic E-state index is 0.0849. The van der Waals surface area contributed by atoms with Crippen molar-refractivity contribution < 1.29 is 9.53 Å². The first kappa shape index (κ1) is 18.0. The number of hydrogen-bond acceptors (Lipinski definition) is 3. The standard InChI is InChI=1S/C21H24BrNO2/c1-2-25-21(24)13-4-3-7-14-23-19-11-6-5-9-16(19)15-17-18(22)10-8-12-20(17)23/h5-6,8-12,15,18H,2-4,7,13-14H2,1H3. The number of esters is 1. The summed E-state index contributed by atoms with van der Waals surface area (Å²) >= 11 is 3.76. The number of rotatable bonds is 7. The maximum Gasteiger partial charge on any atom is 0.305 e. The molecule has 1 aromatic rings. The van der Waals surface area contributed by atoms with Gasteiger partial charge in [0.05, 0.1) is 11.4 Å². The minimum atomic E-state index is -0.0849. The first-order chi connectivity index (χ1) is 12.2. The predicted molar refractivity (Wildman–Crippen MR) is 107 cm³/mol. The summed E-state index contributed by atoms with van der Waals surface area (Å²) in [6, 6.07) is 8.54. The van der Waals surface area contributed by atoms with Gasteiger partial charge in [-0.2, -0.15) is 0 Å². The third-order valence-electron chi connectivity index (χ3n) is 4.52. The molecule has 1 aliphatic heterocycles. The Balaban J connectivity index is 1.65. The number of fused-ring (bicyclic) bond motifs is 2. The number of alkyl halides is 1. The second-order valence-electron chi connectivity index (χ2n) is 6.26. The SMILES string of the molecule is CCOC(=O)CCCCCN1C2=CC=CC(Br)C2=Cc2ccccc21. The molecule has 4 heteroatoms. The van der Waals surface area contributed by atoms with E-state index < -0.39 is 0 Å². The van der Waals surface area contributed by atoms with Crippen LogP contribution in [-0.2, 0) is 9.53 Å². The Labute approximate surface area is 158 Å². The summed E-state index contributed by atoms with van der Waals surface area (Å²) in [5, 5.41) is 0. The molecule has 1 aliphatic carbocycles. The lowest BCUT2D eigenvalue weighted by molar-refractivity contribution is -0.143. The van der Waals surface area contributed by atoms with E-state index in [1.165, 1.54) is 22.5 Å². The van der Waals surface area contributed by atoms with E-state index >= 15 is 0 Å². The Morgan fingerprint density at radius 1 is 1.24 bits per heavy atom. The first-order valence-corrected chi connectivity index (χ1v) is 9.89. The van der Waals surface area contributed by atoms with Crippen molar-refractivity contribution in [1.82, 2.24) is 0 Å². The van der Waals surface area contributed by atoms with Crippen LogP contribution in [0.15, 0.2) is 53.8 Å². The number of ether oxygens (including phenoxy) is 1. The van der Waals surface area contributed by atoms with Crippen molar-refractivity contribution in [3.63, 3.8) is 0 Å². The van der Waals surface area contributed by atoms with Crippen molar-refractivity contribution in [2.24, 2.45) is 0 Å². The maximum atomic E-state index is 11.4. The lowest BCUT2D eigenvalue weighted by Gasteiger charge is -2.36. The highest BCUT2D eigenvalue weighted by Gasteiger charge is 2.26. The van der Waals surface area contributed by atoms with Gasteiger partial charge in [-0.3, -0.25) is 4.79 Å². The number of nitrogens with zero attached hydrogens (tertiary/aromatic N) is 1. The number of carbonyl (C=O) groups excluding carboxylic acids is 1. The Hall–Kier alpha value is -1.81. The molecule has 0 saturated carbocycles. The number of anilines is 1. The Morgan fingerprint density at radius 2 is 2.08 bits per heavy atom. The molecule has 0 fully saturated rings. The second-order valence-corrected chi connectivity index (χ2v) is 7.25. The van der Waals surface area contributed by atoms with E-state index in [1.54, 1.807) is 0 Å². The average Bonchev–Trinajstić information content (AvgIpc) is 2.62. The normalized spacial score (nSPS) is 18.2. The molecule has 1 heterocycles. The van der Waals surface area contributed by atoms with Gasteiger partial charge in [0.1, 0.15) is 0 Å². The van der Waals surface area contributed by atoms with Crippen LogP contribution < -0.4 is 4.90 Å². The molecule has 0 amide bonds. The zero-order valence-electron chi connectivity index (χ0n) is 14.6. The molecule has 25 heavy (non-hydrogen) atoms. The molecule has 2 aliphatic rings. The van der Waals surface area contributed by atoms with Crippen molar-refractivity contribution in [3.05, 3.63) is 59.3 Å². The highest BCUT2D eigenvalue weighted by atomic mass is 79.9. The molecule has 0 spiro atoms. The van der Waals surface area contributed by atoms with Crippen LogP contribution in [0.1, 0.15) is 38.2 Å². The molecule has 3 rings (SSSR count). The smallest absolute Gasteiger partial charge is 0.305 e. The molecule has 1 aromatic carbocycles. The zero-order chi connectivity index (χ0) is 17.6. The fraction of sp³-hybridized carbons (Fsp3) is 0.381. The molecule has 0 N–H and O–H groups in total. The van der Waals surface area contributed by atoms with Crippen molar-refractivity contribution in [2.75, 3.05) is 18.1 Å². The van der Waals surface area contributed by atoms with Crippen molar-refractivity contribution in [1.29, 1.82) is 0 Å². The van der Waals surface area contributed by atoms with E-state index in [0.717, 1.165) is 25.8 Å². The maximum absolute atomic E-state index is 11.4. The first-order valence-electron chi connectivity index (χ1n) is 8.97. The van der Waals surface area contributed by atoms with E-state index in [1.807, 2.05) is 6.92 Å². The molecule has 0 aromatic heterocycles.